The summed E-state index contributed by atoms with van der Waals surface area (Å²) in [7, 11) is 0. The summed E-state index contributed by atoms with van der Waals surface area (Å²) in [6.45, 7) is 0. The van der Waals surface area contributed by atoms with Gasteiger partial charge in [-0.25, -0.2) is 0 Å². The molecule has 0 N–H and O–H groups in total. The van der Waals surface area contributed by atoms with Crippen LogP contribution < -0.4 is 0 Å². The van der Waals surface area contributed by atoms with Crippen molar-refractivity contribution >= 4 is 54.4 Å². The fraction of sp³-hybridized carbons (Fsp3) is 0. The molecule has 2 aromatic heterocycles. The van der Waals surface area contributed by atoms with E-state index >= 15 is 0 Å². The van der Waals surface area contributed by atoms with E-state index in [9.17, 15) is 0 Å². The number of benzene rings is 10. The normalized spacial score (nSPS) is 12.0. The summed E-state index contributed by atoms with van der Waals surface area (Å²) in [6.07, 6.45) is 0. The highest BCUT2D eigenvalue weighted by molar-refractivity contribution is 6.19. The van der Waals surface area contributed by atoms with E-state index in [0.717, 1.165) is 11.4 Å². The van der Waals surface area contributed by atoms with Crippen LogP contribution in [-0.4, -0.2) is 9.13 Å². The standard InChI is InChI=1S/C58H36N2/c1-2-12-37(13-3-1)39-14-10-15-43(34-39)60-55-23-9-7-19-48(55)53-36-41(27-33-57(53)60)40-26-32-56-52(35-40)47-18-6-8-22-54(47)59(56)42-28-24-38(25-29-42)44-30-31-51-46-17-5-4-16-45(46)50-21-11-20-49(44)58(50)51/h1-36H. The minimum Gasteiger partial charge on any atom is -0.309 e. The van der Waals surface area contributed by atoms with Crippen LogP contribution in [0.4, 0.5) is 0 Å². The zero-order valence-electron chi connectivity index (χ0n) is 32.7. The van der Waals surface area contributed by atoms with E-state index in [4.69, 9.17) is 0 Å². The molecular formula is C58H36N2. The van der Waals surface area contributed by atoms with Crippen molar-refractivity contribution in [3.63, 3.8) is 0 Å². The molecule has 60 heavy (non-hydrogen) atoms. The molecule has 0 radical (unpaired) electrons. The molecule has 10 aromatic carbocycles. The molecule has 1 aliphatic rings. The Labute approximate surface area is 347 Å². The Morgan fingerprint density at radius 3 is 1.37 bits per heavy atom. The first-order valence-electron chi connectivity index (χ1n) is 20.8. The van der Waals surface area contributed by atoms with Gasteiger partial charge in [-0.15, -0.1) is 0 Å². The average Bonchev–Trinajstić information content (AvgIpc) is 3.96. The average molecular weight is 761 g/mol. The largest absolute Gasteiger partial charge is 0.309 e. The predicted octanol–water partition coefficient (Wildman–Crippen LogP) is 15.7. The van der Waals surface area contributed by atoms with E-state index in [1.165, 1.54) is 110 Å². The Balaban J connectivity index is 0.905. The summed E-state index contributed by atoms with van der Waals surface area (Å²) in [5, 5.41) is 7.67. The van der Waals surface area contributed by atoms with Gasteiger partial charge in [0.15, 0.2) is 0 Å². The summed E-state index contributed by atoms with van der Waals surface area (Å²) in [4.78, 5) is 0. The lowest BCUT2D eigenvalue weighted by atomic mass is 9.94. The third-order valence-corrected chi connectivity index (χ3v) is 12.9. The van der Waals surface area contributed by atoms with E-state index in [0.29, 0.717) is 0 Å². The van der Waals surface area contributed by atoms with Gasteiger partial charge in [0.25, 0.3) is 0 Å². The number of rotatable bonds is 5. The van der Waals surface area contributed by atoms with Gasteiger partial charge < -0.3 is 9.13 Å². The van der Waals surface area contributed by atoms with Gasteiger partial charge in [0, 0.05) is 32.9 Å². The predicted molar refractivity (Wildman–Crippen MR) is 253 cm³/mol. The summed E-state index contributed by atoms with van der Waals surface area (Å²) in [6, 6.07) is 80.4. The first-order valence-corrected chi connectivity index (χ1v) is 20.8. The maximum atomic E-state index is 2.42. The minimum absolute atomic E-state index is 1.15. The van der Waals surface area contributed by atoms with Crippen molar-refractivity contribution in [2.45, 2.75) is 0 Å². The Morgan fingerprint density at radius 2 is 0.683 bits per heavy atom. The second-order valence-corrected chi connectivity index (χ2v) is 16.1. The number of hydrogen-bond donors (Lipinski definition) is 0. The third-order valence-electron chi connectivity index (χ3n) is 12.9. The molecule has 0 fully saturated rings. The smallest absolute Gasteiger partial charge is 0.0541 e. The highest BCUT2D eigenvalue weighted by Crippen LogP contribution is 2.49. The summed E-state index contributed by atoms with van der Waals surface area (Å²) < 4.78 is 4.83. The van der Waals surface area contributed by atoms with Crippen molar-refractivity contribution in [3.05, 3.63) is 218 Å². The fourth-order valence-corrected chi connectivity index (χ4v) is 10.2. The molecule has 2 heteroatoms. The molecule has 278 valence electrons. The van der Waals surface area contributed by atoms with Gasteiger partial charge in [-0.2, -0.15) is 0 Å². The maximum absolute atomic E-state index is 2.42. The van der Waals surface area contributed by atoms with Gasteiger partial charge in [0.1, 0.15) is 0 Å². The lowest BCUT2D eigenvalue weighted by molar-refractivity contribution is 1.18. The van der Waals surface area contributed by atoms with Crippen molar-refractivity contribution in [1.82, 2.24) is 9.13 Å². The van der Waals surface area contributed by atoms with Gasteiger partial charge >= 0.3 is 0 Å². The fourth-order valence-electron chi connectivity index (χ4n) is 10.2. The van der Waals surface area contributed by atoms with E-state index in [-0.39, 0.29) is 0 Å². The van der Waals surface area contributed by atoms with Gasteiger partial charge in [-0.1, -0.05) is 158 Å². The van der Waals surface area contributed by atoms with E-state index < -0.39 is 0 Å². The zero-order chi connectivity index (χ0) is 39.3. The number of nitrogens with zero attached hydrogens (tertiary/aromatic N) is 2. The Bertz CT molecular complexity index is 3670. The van der Waals surface area contributed by atoms with Gasteiger partial charge in [0.05, 0.1) is 22.1 Å². The van der Waals surface area contributed by atoms with Crippen LogP contribution in [0, 0.1) is 0 Å². The van der Waals surface area contributed by atoms with Crippen molar-refractivity contribution in [2.75, 3.05) is 0 Å². The van der Waals surface area contributed by atoms with Crippen LogP contribution in [0.3, 0.4) is 0 Å². The van der Waals surface area contributed by atoms with Gasteiger partial charge in [-0.05, 0) is 127 Å². The van der Waals surface area contributed by atoms with E-state index in [2.05, 4.69) is 228 Å². The molecule has 0 spiro atoms. The molecule has 0 saturated heterocycles. The summed E-state index contributed by atoms with van der Waals surface area (Å²) in [5.41, 5.74) is 19.8. The van der Waals surface area contributed by atoms with E-state index in [1.807, 2.05) is 0 Å². The molecule has 13 rings (SSSR count). The minimum atomic E-state index is 1.15. The van der Waals surface area contributed by atoms with Crippen LogP contribution in [0.5, 0.6) is 0 Å². The molecule has 2 heterocycles. The Hall–Kier alpha value is -7.94. The van der Waals surface area contributed by atoms with Crippen LogP contribution in [-0.2, 0) is 0 Å². The topological polar surface area (TPSA) is 9.86 Å². The second kappa shape index (κ2) is 12.8. The molecular weight excluding hydrogens is 725 g/mol. The van der Waals surface area contributed by atoms with Crippen molar-refractivity contribution < 1.29 is 0 Å². The number of aromatic nitrogens is 2. The quantitative estimate of drug-likeness (QED) is 0.165. The van der Waals surface area contributed by atoms with Crippen LogP contribution in [0.25, 0.3) is 121 Å². The molecule has 0 unspecified atom stereocenters. The molecule has 2 nitrogen and oxygen atoms in total. The summed E-state index contributed by atoms with van der Waals surface area (Å²) in [5.74, 6) is 0. The zero-order valence-corrected chi connectivity index (χ0v) is 32.7. The van der Waals surface area contributed by atoms with Crippen LogP contribution in [0.1, 0.15) is 0 Å². The first-order chi connectivity index (χ1) is 29.8. The second-order valence-electron chi connectivity index (χ2n) is 16.1. The molecule has 0 bridgehead atoms. The highest BCUT2D eigenvalue weighted by Gasteiger charge is 2.22. The lowest BCUT2D eigenvalue weighted by Gasteiger charge is -2.12. The molecule has 0 saturated carbocycles. The molecule has 1 aliphatic carbocycles. The number of para-hydroxylation sites is 2. The molecule has 12 aromatic rings. The van der Waals surface area contributed by atoms with Crippen molar-refractivity contribution in [2.24, 2.45) is 0 Å². The SMILES string of the molecule is c1ccc(-c2cccc(-n3c4ccccc4c4cc(-c5ccc6c(c5)c5ccccc5n6-c5ccc(-c6ccc7c8c(cccc68)-c6ccccc6-7)cc5)ccc43)c2)cc1. The maximum Gasteiger partial charge on any atom is 0.0541 e. The highest BCUT2D eigenvalue weighted by atomic mass is 15.0. The van der Waals surface area contributed by atoms with Crippen LogP contribution >= 0.6 is 0 Å². The summed E-state index contributed by atoms with van der Waals surface area (Å²) >= 11 is 0. The third kappa shape index (κ3) is 4.82. The van der Waals surface area contributed by atoms with Crippen LogP contribution in [0.2, 0.25) is 0 Å². The molecule has 0 amide bonds. The van der Waals surface area contributed by atoms with Gasteiger partial charge in [0.2, 0.25) is 0 Å². The molecule has 0 aliphatic heterocycles. The Kier molecular flexibility index (Phi) is 7.05. The van der Waals surface area contributed by atoms with Gasteiger partial charge in [-0.3, -0.25) is 0 Å². The Morgan fingerprint density at radius 1 is 0.217 bits per heavy atom. The first kappa shape index (κ1) is 33.1. The lowest BCUT2D eigenvalue weighted by Crippen LogP contribution is -1.94. The molecule has 0 atom stereocenters. The number of fused-ring (bicyclic) bond motifs is 9. The van der Waals surface area contributed by atoms with Crippen LogP contribution in [0.15, 0.2) is 218 Å². The monoisotopic (exact) mass is 760 g/mol. The van der Waals surface area contributed by atoms with Crippen molar-refractivity contribution in [3.8, 4) is 67.0 Å². The van der Waals surface area contributed by atoms with E-state index in [1.54, 1.807) is 0 Å². The van der Waals surface area contributed by atoms with Crippen molar-refractivity contribution in [1.29, 1.82) is 0 Å². The number of hydrogen-bond acceptors (Lipinski definition) is 0.